The highest BCUT2D eigenvalue weighted by Crippen LogP contribution is 2.34. The molecule has 2 aliphatic rings. The van der Waals surface area contributed by atoms with Crippen LogP contribution in [0.2, 0.25) is 5.02 Å². The summed E-state index contributed by atoms with van der Waals surface area (Å²) in [7, 11) is 0. The summed E-state index contributed by atoms with van der Waals surface area (Å²) in [6, 6.07) is 17.5. The van der Waals surface area contributed by atoms with Crippen LogP contribution in [-0.4, -0.2) is 54.3 Å². The number of rotatable bonds is 7. The van der Waals surface area contributed by atoms with Crippen LogP contribution in [0.1, 0.15) is 44.3 Å². The van der Waals surface area contributed by atoms with Gasteiger partial charge >= 0.3 is 6.18 Å². The zero-order valence-corrected chi connectivity index (χ0v) is 22.3. The first-order valence-corrected chi connectivity index (χ1v) is 13.5. The second-order valence-electron chi connectivity index (χ2n) is 10.4. The Morgan fingerprint density at radius 3 is 2.25 bits per heavy atom. The van der Waals surface area contributed by atoms with Gasteiger partial charge in [0.25, 0.3) is 11.8 Å². The summed E-state index contributed by atoms with van der Waals surface area (Å²) in [4.78, 5) is 29.9. The van der Waals surface area contributed by atoms with Gasteiger partial charge in [-0.25, -0.2) is 4.39 Å². The normalized spacial score (nSPS) is 19.9. The fraction of sp³-hybridized carbons (Fsp3) is 0.333. The smallest absolute Gasteiger partial charge is 0.345 e. The summed E-state index contributed by atoms with van der Waals surface area (Å²) in [5.41, 5.74) is -0.153. The van der Waals surface area contributed by atoms with Crippen molar-refractivity contribution < 1.29 is 27.2 Å². The molecule has 2 heterocycles. The standard InChI is InChI=1S/C30H28ClF4N3O2/c31-24-10-5-11-25(32)27(24)29(40)38-17-21-15-37(16-22(21)18-38)13-12-26(19-6-2-1-3-7-19)36-28(39)20-8-4-9-23(14-20)30(33,34)35/h1-11,14,21-22,26H,12-13,15-18H2,(H,36,39)/t21?,22?,26-/m0/s1. The molecular formula is C30H28ClF4N3O2. The Morgan fingerprint density at radius 2 is 1.60 bits per heavy atom. The lowest BCUT2D eigenvalue weighted by Crippen LogP contribution is -2.35. The summed E-state index contributed by atoms with van der Waals surface area (Å²) in [5, 5.41) is 3.02. The number of hydrogen-bond donors (Lipinski definition) is 1. The van der Waals surface area contributed by atoms with Crippen molar-refractivity contribution in [3.63, 3.8) is 0 Å². The quantitative estimate of drug-likeness (QED) is 0.350. The van der Waals surface area contributed by atoms with E-state index in [9.17, 15) is 27.2 Å². The van der Waals surface area contributed by atoms with E-state index >= 15 is 0 Å². The predicted octanol–water partition coefficient (Wildman–Crippen LogP) is 6.06. The molecule has 210 valence electrons. The maximum Gasteiger partial charge on any atom is 0.416 e. The molecule has 0 radical (unpaired) electrons. The second kappa shape index (κ2) is 11.6. The van der Waals surface area contributed by atoms with Crippen LogP contribution in [0.15, 0.2) is 72.8 Å². The predicted molar refractivity (Wildman–Crippen MR) is 143 cm³/mol. The summed E-state index contributed by atoms with van der Waals surface area (Å²) in [6.07, 6.45) is -3.98. The number of carbonyl (C=O) groups excluding carboxylic acids is 2. The number of nitrogens with one attached hydrogen (secondary N) is 1. The minimum atomic E-state index is -4.54. The van der Waals surface area contributed by atoms with Gasteiger partial charge < -0.3 is 15.1 Å². The topological polar surface area (TPSA) is 52.7 Å². The molecule has 0 bridgehead atoms. The number of benzene rings is 3. The molecule has 3 aromatic rings. The van der Waals surface area contributed by atoms with Crippen LogP contribution in [0.4, 0.5) is 17.6 Å². The van der Waals surface area contributed by atoms with Gasteiger partial charge in [0.05, 0.1) is 22.2 Å². The van der Waals surface area contributed by atoms with Gasteiger partial charge in [0, 0.05) is 38.3 Å². The van der Waals surface area contributed by atoms with E-state index in [0.29, 0.717) is 26.1 Å². The molecule has 2 amide bonds. The fourth-order valence-electron chi connectivity index (χ4n) is 5.70. The Morgan fingerprint density at radius 1 is 0.925 bits per heavy atom. The fourth-order valence-corrected chi connectivity index (χ4v) is 5.94. The summed E-state index contributed by atoms with van der Waals surface area (Å²) in [6.45, 7) is 3.19. The molecule has 2 unspecified atom stereocenters. The zero-order chi connectivity index (χ0) is 28.4. The van der Waals surface area contributed by atoms with Crippen molar-refractivity contribution in [2.75, 3.05) is 32.7 Å². The zero-order valence-electron chi connectivity index (χ0n) is 21.5. The first kappa shape index (κ1) is 28.1. The monoisotopic (exact) mass is 573 g/mol. The van der Waals surface area contributed by atoms with Crippen LogP contribution in [0.25, 0.3) is 0 Å². The maximum atomic E-state index is 14.3. The van der Waals surface area contributed by atoms with Crippen LogP contribution in [0.5, 0.6) is 0 Å². The third kappa shape index (κ3) is 6.15. The Hall–Kier alpha value is -3.43. The van der Waals surface area contributed by atoms with Crippen molar-refractivity contribution in [2.24, 2.45) is 11.8 Å². The van der Waals surface area contributed by atoms with E-state index < -0.39 is 35.4 Å². The summed E-state index contributed by atoms with van der Waals surface area (Å²) >= 11 is 6.10. The molecule has 2 aliphatic heterocycles. The minimum absolute atomic E-state index is 0.0498. The van der Waals surface area contributed by atoms with Gasteiger partial charge in [-0.1, -0.05) is 54.1 Å². The van der Waals surface area contributed by atoms with Gasteiger partial charge in [-0.2, -0.15) is 13.2 Å². The van der Waals surface area contributed by atoms with E-state index in [0.717, 1.165) is 30.8 Å². The van der Waals surface area contributed by atoms with Crippen LogP contribution >= 0.6 is 11.6 Å². The van der Waals surface area contributed by atoms with Crippen molar-refractivity contribution in [1.82, 2.24) is 15.1 Å². The number of halogens is 5. The van der Waals surface area contributed by atoms with Crippen LogP contribution in [-0.2, 0) is 6.18 Å². The Labute approximate surface area is 234 Å². The first-order valence-electron chi connectivity index (χ1n) is 13.1. The molecule has 10 heteroatoms. The third-order valence-electron chi connectivity index (χ3n) is 7.72. The molecule has 0 aliphatic carbocycles. The van der Waals surface area contributed by atoms with E-state index in [1.165, 1.54) is 30.3 Å². The lowest BCUT2D eigenvalue weighted by molar-refractivity contribution is -0.137. The molecule has 0 spiro atoms. The molecular weight excluding hydrogens is 546 g/mol. The largest absolute Gasteiger partial charge is 0.416 e. The van der Waals surface area contributed by atoms with Gasteiger partial charge in [-0.3, -0.25) is 9.59 Å². The highest BCUT2D eigenvalue weighted by molar-refractivity contribution is 6.33. The van der Waals surface area contributed by atoms with Gasteiger partial charge in [-0.05, 0) is 54.2 Å². The molecule has 3 atom stereocenters. The highest BCUT2D eigenvalue weighted by atomic mass is 35.5. The van der Waals surface area contributed by atoms with Crippen molar-refractivity contribution in [3.05, 3.63) is 106 Å². The molecule has 2 saturated heterocycles. The minimum Gasteiger partial charge on any atom is -0.345 e. The molecule has 1 N–H and O–H groups in total. The number of carbonyl (C=O) groups is 2. The lowest BCUT2D eigenvalue weighted by atomic mass is 10.0. The number of amides is 2. The lowest BCUT2D eigenvalue weighted by Gasteiger charge is -2.25. The molecule has 3 aromatic carbocycles. The van der Waals surface area contributed by atoms with Crippen LogP contribution < -0.4 is 5.32 Å². The van der Waals surface area contributed by atoms with Crippen LogP contribution in [0.3, 0.4) is 0 Å². The first-order chi connectivity index (χ1) is 19.1. The molecule has 0 saturated carbocycles. The van der Waals surface area contributed by atoms with Crippen molar-refractivity contribution in [2.45, 2.75) is 18.6 Å². The van der Waals surface area contributed by atoms with Gasteiger partial charge in [0.1, 0.15) is 5.82 Å². The van der Waals surface area contributed by atoms with E-state index in [-0.39, 0.29) is 28.0 Å². The van der Waals surface area contributed by atoms with E-state index in [1.807, 2.05) is 30.3 Å². The van der Waals surface area contributed by atoms with Gasteiger partial charge in [-0.15, -0.1) is 0 Å². The average molecular weight is 574 g/mol. The molecule has 2 fully saturated rings. The maximum absolute atomic E-state index is 14.3. The SMILES string of the molecule is O=C(N[C@@H](CCN1CC2CN(C(=O)c3c(F)cccc3Cl)CC2C1)c1ccccc1)c1cccc(C(F)(F)F)c1. The van der Waals surface area contributed by atoms with Gasteiger partial charge in [0.2, 0.25) is 0 Å². The van der Waals surface area contributed by atoms with Crippen molar-refractivity contribution in [3.8, 4) is 0 Å². The highest BCUT2D eigenvalue weighted by Gasteiger charge is 2.42. The van der Waals surface area contributed by atoms with Crippen molar-refractivity contribution in [1.29, 1.82) is 0 Å². The molecule has 5 rings (SSSR count). The van der Waals surface area contributed by atoms with Crippen LogP contribution in [0, 0.1) is 17.7 Å². The number of fused-ring (bicyclic) bond motifs is 1. The molecule has 0 aromatic heterocycles. The Balaban J connectivity index is 1.21. The van der Waals surface area contributed by atoms with E-state index in [4.69, 9.17) is 11.6 Å². The van der Waals surface area contributed by atoms with Gasteiger partial charge in [0.15, 0.2) is 0 Å². The molecule has 40 heavy (non-hydrogen) atoms. The number of likely N-dealkylation sites (tertiary alicyclic amines) is 2. The number of alkyl halides is 3. The average Bonchev–Trinajstić information content (AvgIpc) is 3.50. The molecule has 5 nitrogen and oxygen atoms in total. The van der Waals surface area contributed by atoms with E-state index in [1.54, 1.807) is 4.90 Å². The number of hydrogen-bond acceptors (Lipinski definition) is 3. The summed E-state index contributed by atoms with van der Waals surface area (Å²) in [5.74, 6) is -1.12. The third-order valence-corrected chi connectivity index (χ3v) is 8.03. The second-order valence-corrected chi connectivity index (χ2v) is 10.8. The van der Waals surface area contributed by atoms with E-state index in [2.05, 4.69) is 10.2 Å². The number of nitrogens with zero attached hydrogens (tertiary/aromatic N) is 2. The summed E-state index contributed by atoms with van der Waals surface area (Å²) < 4.78 is 53.7. The Kier molecular flexibility index (Phi) is 8.14. The van der Waals surface area contributed by atoms with Crippen molar-refractivity contribution >= 4 is 23.4 Å². The Bertz CT molecular complexity index is 1350.